The highest BCUT2D eigenvalue weighted by atomic mass is 15.3. The Balaban J connectivity index is 1.99. The zero-order chi connectivity index (χ0) is 11.9. The number of nitrogens with one attached hydrogen (secondary N) is 3. The van der Waals surface area contributed by atoms with Gasteiger partial charge in [0.1, 0.15) is 0 Å². The number of imidazole rings is 1. The molecule has 5 N–H and O–H groups in total. The van der Waals surface area contributed by atoms with Crippen molar-refractivity contribution in [3.05, 3.63) is 48.5 Å². The van der Waals surface area contributed by atoms with E-state index in [4.69, 9.17) is 5.84 Å². The van der Waals surface area contributed by atoms with Crippen LogP contribution < -0.4 is 16.6 Å². The van der Waals surface area contributed by atoms with Crippen LogP contribution in [-0.2, 0) is 6.54 Å². The fraction of sp³-hybridized carbons (Fsp3) is 0.0909. The van der Waals surface area contributed by atoms with E-state index in [2.05, 4.69) is 25.7 Å². The summed E-state index contributed by atoms with van der Waals surface area (Å²) in [6.07, 6.45) is 3.34. The molecule has 6 heteroatoms. The molecule has 2 aromatic rings. The summed E-state index contributed by atoms with van der Waals surface area (Å²) in [5.41, 5.74) is 4.37. The molecule has 0 atom stereocenters. The number of anilines is 1. The molecule has 0 aliphatic heterocycles. The van der Waals surface area contributed by atoms with Gasteiger partial charge in [0.15, 0.2) is 0 Å². The van der Waals surface area contributed by atoms with Crippen LogP contribution >= 0.6 is 0 Å². The number of nitrogens with two attached hydrogens (primary N) is 1. The molecule has 1 heterocycles. The summed E-state index contributed by atoms with van der Waals surface area (Å²) >= 11 is 0. The van der Waals surface area contributed by atoms with Gasteiger partial charge < -0.3 is 10.3 Å². The number of aromatic amines is 1. The van der Waals surface area contributed by atoms with E-state index in [1.165, 1.54) is 0 Å². The van der Waals surface area contributed by atoms with Gasteiger partial charge in [-0.2, -0.15) is 0 Å². The van der Waals surface area contributed by atoms with Crippen LogP contribution in [0.2, 0.25) is 0 Å². The number of hydrogen-bond acceptors (Lipinski definition) is 3. The Kier molecular flexibility index (Phi) is 3.72. The Morgan fingerprint density at radius 1 is 1.35 bits per heavy atom. The monoisotopic (exact) mass is 230 g/mol. The van der Waals surface area contributed by atoms with E-state index in [1.54, 1.807) is 12.5 Å². The smallest absolute Gasteiger partial charge is 0.210 e. The normalized spacial score (nSPS) is 11.2. The predicted octanol–water partition coefficient (Wildman–Crippen LogP) is 0.841. The van der Waals surface area contributed by atoms with Gasteiger partial charge in [0.2, 0.25) is 5.96 Å². The number of aromatic nitrogens is 2. The largest absolute Gasteiger partial charge is 0.347 e. The topological polar surface area (TPSA) is 91.1 Å². The summed E-state index contributed by atoms with van der Waals surface area (Å²) in [5, 5.41) is 3.07. The molecule has 88 valence electrons. The number of nitrogens with zero attached hydrogens (tertiary/aromatic N) is 2. The summed E-state index contributed by atoms with van der Waals surface area (Å²) in [5.74, 6) is 5.90. The summed E-state index contributed by atoms with van der Waals surface area (Å²) < 4.78 is 0. The molecule has 0 bridgehead atoms. The SMILES string of the molecule is NNC(=NCc1cnc[nH]1)Nc1ccccc1. The van der Waals surface area contributed by atoms with Crippen molar-refractivity contribution in [2.24, 2.45) is 10.8 Å². The number of hydrazine groups is 1. The van der Waals surface area contributed by atoms with Gasteiger partial charge in [-0.25, -0.2) is 15.8 Å². The molecule has 0 aliphatic carbocycles. The summed E-state index contributed by atoms with van der Waals surface area (Å²) in [6.45, 7) is 0.485. The number of aliphatic imine (C=N–C) groups is 1. The van der Waals surface area contributed by atoms with E-state index in [0.717, 1.165) is 11.4 Å². The van der Waals surface area contributed by atoms with Crippen LogP contribution in [0.4, 0.5) is 5.69 Å². The van der Waals surface area contributed by atoms with Crippen molar-refractivity contribution in [2.45, 2.75) is 6.54 Å². The number of benzene rings is 1. The molecule has 0 aliphatic rings. The molecule has 0 unspecified atom stereocenters. The van der Waals surface area contributed by atoms with Gasteiger partial charge >= 0.3 is 0 Å². The molecule has 6 nitrogen and oxygen atoms in total. The lowest BCUT2D eigenvalue weighted by Gasteiger charge is -2.08. The lowest BCUT2D eigenvalue weighted by molar-refractivity contribution is 0.949. The minimum Gasteiger partial charge on any atom is -0.347 e. The molecule has 0 fully saturated rings. The van der Waals surface area contributed by atoms with Gasteiger partial charge in [0.05, 0.1) is 18.6 Å². The Morgan fingerprint density at radius 2 is 2.18 bits per heavy atom. The molecule has 1 aromatic carbocycles. The summed E-state index contributed by atoms with van der Waals surface area (Å²) in [4.78, 5) is 11.2. The van der Waals surface area contributed by atoms with Crippen molar-refractivity contribution in [2.75, 3.05) is 5.32 Å². The fourth-order valence-corrected chi connectivity index (χ4v) is 1.31. The third kappa shape index (κ3) is 3.32. The van der Waals surface area contributed by atoms with Crippen LogP contribution in [0.3, 0.4) is 0 Å². The molecule has 0 amide bonds. The van der Waals surface area contributed by atoms with Gasteiger partial charge in [0.25, 0.3) is 0 Å². The maximum Gasteiger partial charge on any atom is 0.210 e. The molecule has 0 saturated carbocycles. The zero-order valence-electron chi connectivity index (χ0n) is 9.22. The molecule has 1 aromatic heterocycles. The van der Waals surface area contributed by atoms with Crippen molar-refractivity contribution in [1.29, 1.82) is 0 Å². The highest BCUT2D eigenvalue weighted by molar-refractivity contribution is 5.93. The Morgan fingerprint density at radius 3 is 2.82 bits per heavy atom. The van der Waals surface area contributed by atoms with Gasteiger partial charge in [-0.3, -0.25) is 5.43 Å². The van der Waals surface area contributed by atoms with E-state index in [-0.39, 0.29) is 0 Å². The molecule has 2 rings (SSSR count). The van der Waals surface area contributed by atoms with Crippen molar-refractivity contribution < 1.29 is 0 Å². The van der Waals surface area contributed by atoms with Crippen LogP contribution in [-0.4, -0.2) is 15.9 Å². The third-order valence-electron chi connectivity index (χ3n) is 2.14. The van der Waals surface area contributed by atoms with Crippen LogP contribution in [0.15, 0.2) is 47.8 Å². The van der Waals surface area contributed by atoms with Gasteiger partial charge in [-0.05, 0) is 12.1 Å². The molecule has 17 heavy (non-hydrogen) atoms. The average molecular weight is 230 g/mol. The molecule has 0 saturated heterocycles. The van der Waals surface area contributed by atoms with E-state index in [1.807, 2.05) is 30.3 Å². The van der Waals surface area contributed by atoms with Crippen molar-refractivity contribution in [3.63, 3.8) is 0 Å². The molecular formula is C11H14N6. The van der Waals surface area contributed by atoms with Crippen molar-refractivity contribution in [1.82, 2.24) is 15.4 Å². The first-order chi connectivity index (χ1) is 8.38. The van der Waals surface area contributed by atoms with Gasteiger partial charge in [-0.15, -0.1) is 0 Å². The number of guanidine groups is 1. The van der Waals surface area contributed by atoms with Crippen LogP contribution in [0.25, 0.3) is 0 Å². The quantitative estimate of drug-likeness (QED) is 0.272. The standard InChI is InChI=1S/C11H14N6/c12-17-11(14-7-10-6-13-8-15-10)16-9-4-2-1-3-5-9/h1-6,8H,7,12H2,(H,13,15)(H2,14,16,17). The second-order valence-corrected chi connectivity index (χ2v) is 3.38. The van der Waals surface area contributed by atoms with Crippen molar-refractivity contribution >= 4 is 11.6 Å². The van der Waals surface area contributed by atoms with E-state index < -0.39 is 0 Å². The van der Waals surface area contributed by atoms with E-state index in [0.29, 0.717) is 12.5 Å². The maximum atomic E-state index is 5.39. The Labute approximate surface area is 99.0 Å². The predicted molar refractivity (Wildman–Crippen MR) is 67.1 cm³/mol. The molecule has 0 spiro atoms. The summed E-state index contributed by atoms with van der Waals surface area (Å²) in [6, 6.07) is 9.69. The number of para-hydroxylation sites is 1. The van der Waals surface area contributed by atoms with Crippen molar-refractivity contribution in [3.8, 4) is 0 Å². The zero-order valence-corrected chi connectivity index (χ0v) is 9.22. The Hall–Kier alpha value is -2.34. The first kappa shape index (κ1) is 11.2. The number of H-pyrrole nitrogens is 1. The molecular weight excluding hydrogens is 216 g/mol. The minimum atomic E-state index is 0.485. The second kappa shape index (κ2) is 5.66. The van der Waals surface area contributed by atoms with E-state index in [9.17, 15) is 0 Å². The van der Waals surface area contributed by atoms with Crippen LogP contribution in [0, 0.1) is 0 Å². The highest BCUT2D eigenvalue weighted by Gasteiger charge is 1.97. The highest BCUT2D eigenvalue weighted by Crippen LogP contribution is 2.04. The molecule has 0 radical (unpaired) electrons. The van der Waals surface area contributed by atoms with Crippen LogP contribution in [0.1, 0.15) is 5.69 Å². The van der Waals surface area contributed by atoms with Gasteiger partial charge in [-0.1, -0.05) is 18.2 Å². The van der Waals surface area contributed by atoms with E-state index >= 15 is 0 Å². The average Bonchev–Trinajstić information content (AvgIpc) is 2.89. The maximum absolute atomic E-state index is 5.39. The first-order valence-electron chi connectivity index (χ1n) is 5.19. The number of hydrogen-bond donors (Lipinski definition) is 4. The fourth-order valence-electron chi connectivity index (χ4n) is 1.31. The first-order valence-corrected chi connectivity index (χ1v) is 5.19. The lowest BCUT2D eigenvalue weighted by atomic mass is 10.3. The minimum absolute atomic E-state index is 0.485. The van der Waals surface area contributed by atoms with Crippen LogP contribution in [0.5, 0.6) is 0 Å². The van der Waals surface area contributed by atoms with Gasteiger partial charge in [0, 0.05) is 11.9 Å². The lowest BCUT2D eigenvalue weighted by Crippen LogP contribution is -2.36. The summed E-state index contributed by atoms with van der Waals surface area (Å²) in [7, 11) is 0. The third-order valence-corrected chi connectivity index (χ3v) is 2.14. The second-order valence-electron chi connectivity index (χ2n) is 3.38. The Bertz CT molecular complexity index is 462. The number of rotatable bonds is 3.